The summed E-state index contributed by atoms with van der Waals surface area (Å²) in [6.45, 7) is 0. The number of rotatable bonds is 5. The summed E-state index contributed by atoms with van der Waals surface area (Å²) >= 11 is 11.3. The van der Waals surface area contributed by atoms with Gasteiger partial charge in [-0.15, -0.1) is 11.6 Å². The molecule has 0 saturated carbocycles. The molecule has 0 aliphatic rings. The summed E-state index contributed by atoms with van der Waals surface area (Å²) in [6, 6.07) is 8.58. The standard InChI is InChI=1S/C14H11Cl2FN2O3S/c15-8-14(20)18-12-6-1-9(16)7-13(12)19-23(21,22)11-4-2-10(17)3-5-11/h1-7,19H,8H2,(H,18,20). The molecule has 0 saturated heterocycles. The molecule has 0 spiro atoms. The quantitative estimate of drug-likeness (QED) is 0.784. The van der Waals surface area contributed by atoms with Crippen LogP contribution in [0.5, 0.6) is 0 Å². The van der Waals surface area contributed by atoms with Crippen molar-refractivity contribution < 1.29 is 17.6 Å². The first-order valence-corrected chi connectivity index (χ1v) is 8.65. The van der Waals surface area contributed by atoms with E-state index in [9.17, 15) is 17.6 Å². The Balaban J connectivity index is 2.36. The van der Waals surface area contributed by atoms with Crippen LogP contribution in [0.4, 0.5) is 15.8 Å². The fourth-order valence-corrected chi connectivity index (χ4v) is 3.02. The second-order valence-electron chi connectivity index (χ2n) is 4.43. The molecule has 0 aromatic heterocycles. The highest BCUT2D eigenvalue weighted by Crippen LogP contribution is 2.28. The van der Waals surface area contributed by atoms with Crippen LogP contribution < -0.4 is 10.0 Å². The molecule has 0 fully saturated rings. The molecule has 0 atom stereocenters. The smallest absolute Gasteiger partial charge is 0.261 e. The lowest BCUT2D eigenvalue weighted by atomic mass is 10.2. The third kappa shape index (κ3) is 4.57. The van der Waals surface area contributed by atoms with E-state index >= 15 is 0 Å². The van der Waals surface area contributed by atoms with Gasteiger partial charge in [0, 0.05) is 5.02 Å². The van der Waals surface area contributed by atoms with Gasteiger partial charge in [-0.1, -0.05) is 11.6 Å². The van der Waals surface area contributed by atoms with Crippen molar-refractivity contribution in [2.45, 2.75) is 4.90 Å². The van der Waals surface area contributed by atoms with Gasteiger partial charge in [0.05, 0.1) is 16.3 Å². The first kappa shape index (κ1) is 17.5. The predicted octanol–water partition coefficient (Wildman–Crippen LogP) is 3.46. The lowest BCUT2D eigenvalue weighted by Crippen LogP contribution is -2.17. The minimum atomic E-state index is -3.97. The molecule has 2 aromatic rings. The van der Waals surface area contributed by atoms with Crippen molar-refractivity contribution in [2.75, 3.05) is 15.9 Å². The number of carbonyl (C=O) groups excluding carboxylic acids is 1. The zero-order chi connectivity index (χ0) is 17.0. The van der Waals surface area contributed by atoms with E-state index in [0.717, 1.165) is 24.3 Å². The zero-order valence-corrected chi connectivity index (χ0v) is 13.8. The molecule has 1 amide bonds. The molecule has 23 heavy (non-hydrogen) atoms. The molecule has 0 aliphatic heterocycles. The lowest BCUT2D eigenvalue weighted by molar-refractivity contribution is -0.113. The Bertz CT molecular complexity index is 826. The number of hydrogen-bond donors (Lipinski definition) is 2. The molecule has 0 aliphatic carbocycles. The highest BCUT2D eigenvalue weighted by atomic mass is 35.5. The van der Waals surface area contributed by atoms with E-state index in [1.807, 2.05) is 0 Å². The Morgan fingerprint density at radius 3 is 2.35 bits per heavy atom. The average molecular weight is 377 g/mol. The van der Waals surface area contributed by atoms with Crippen molar-refractivity contribution in [1.29, 1.82) is 0 Å². The summed E-state index contributed by atoms with van der Waals surface area (Å²) < 4.78 is 39.8. The first-order chi connectivity index (χ1) is 10.8. The highest BCUT2D eigenvalue weighted by molar-refractivity contribution is 7.92. The fourth-order valence-electron chi connectivity index (χ4n) is 1.71. The van der Waals surface area contributed by atoms with Crippen molar-refractivity contribution in [3.8, 4) is 0 Å². The molecule has 0 radical (unpaired) electrons. The number of alkyl halides is 1. The van der Waals surface area contributed by atoms with Crippen LogP contribution in [0, 0.1) is 5.82 Å². The third-order valence-corrected chi connectivity index (χ3v) is 4.60. The number of carbonyl (C=O) groups is 1. The lowest BCUT2D eigenvalue weighted by Gasteiger charge is -2.13. The van der Waals surface area contributed by atoms with Gasteiger partial charge < -0.3 is 5.32 Å². The fraction of sp³-hybridized carbons (Fsp3) is 0.0714. The van der Waals surface area contributed by atoms with E-state index in [0.29, 0.717) is 0 Å². The Morgan fingerprint density at radius 2 is 1.74 bits per heavy atom. The van der Waals surface area contributed by atoms with Gasteiger partial charge in [0.25, 0.3) is 10.0 Å². The van der Waals surface area contributed by atoms with E-state index in [-0.39, 0.29) is 27.2 Å². The number of amides is 1. The number of nitrogens with one attached hydrogen (secondary N) is 2. The minimum absolute atomic E-state index is 0.0697. The largest absolute Gasteiger partial charge is 0.323 e. The maximum atomic E-state index is 12.9. The van der Waals surface area contributed by atoms with Crippen molar-refractivity contribution in [3.63, 3.8) is 0 Å². The SMILES string of the molecule is O=C(CCl)Nc1ccc(Cl)cc1NS(=O)(=O)c1ccc(F)cc1. The van der Waals surface area contributed by atoms with Crippen molar-refractivity contribution in [2.24, 2.45) is 0 Å². The summed E-state index contributed by atoms with van der Waals surface area (Å²) in [4.78, 5) is 11.3. The van der Waals surface area contributed by atoms with Gasteiger partial charge in [-0.2, -0.15) is 0 Å². The molecule has 2 aromatic carbocycles. The molecule has 0 unspecified atom stereocenters. The molecule has 9 heteroatoms. The first-order valence-electron chi connectivity index (χ1n) is 6.25. The van der Waals surface area contributed by atoms with Crippen molar-refractivity contribution in [3.05, 3.63) is 53.3 Å². The maximum absolute atomic E-state index is 12.9. The van der Waals surface area contributed by atoms with E-state index < -0.39 is 21.7 Å². The van der Waals surface area contributed by atoms with Gasteiger partial charge in [0.2, 0.25) is 5.91 Å². The number of sulfonamides is 1. The number of hydrogen-bond acceptors (Lipinski definition) is 3. The van der Waals surface area contributed by atoms with Crippen molar-refractivity contribution in [1.82, 2.24) is 0 Å². The Morgan fingerprint density at radius 1 is 1.09 bits per heavy atom. The van der Waals surface area contributed by atoms with Gasteiger partial charge in [-0.3, -0.25) is 9.52 Å². The molecule has 0 bridgehead atoms. The van der Waals surface area contributed by atoms with Gasteiger partial charge >= 0.3 is 0 Å². The van der Waals surface area contributed by atoms with Gasteiger partial charge in [-0.25, -0.2) is 12.8 Å². The van der Waals surface area contributed by atoms with Gasteiger partial charge in [-0.05, 0) is 42.5 Å². The van der Waals surface area contributed by atoms with E-state index in [1.165, 1.54) is 18.2 Å². The molecule has 2 N–H and O–H groups in total. The van der Waals surface area contributed by atoms with Crippen LogP contribution in [0.1, 0.15) is 0 Å². The summed E-state index contributed by atoms with van der Waals surface area (Å²) in [7, 11) is -3.97. The second kappa shape index (κ2) is 7.16. The van der Waals surface area contributed by atoms with Crippen molar-refractivity contribution >= 4 is 50.5 Å². The van der Waals surface area contributed by atoms with E-state index in [1.54, 1.807) is 0 Å². The molecular formula is C14H11Cl2FN2O3S. The third-order valence-electron chi connectivity index (χ3n) is 2.75. The molecule has 122 valence electrons. The summed E-state index contributed by atoms with van der Waals surface area (Å²) in [5, 5.41) is 2.72. The van der Waals surface area contributed by atoms with Gasteiger partial charge in [0.15, 0.2) is 0 Å². The summed E-state index contributed by atoms with van der Waals surface area (Å²) in [6.07, 6.45) is 0. The molecule has 0 heterocycles. The van der Waals surface area contributed by atoms with Crippen LogP contribution in [0.15, 0.2) is 47.4 Å². The van der Waals surface area contributed by atoms with Crippen LogP contribution in [-0.4, -0.2) is 20.2 Å². The van der Waals surface area contributed by atoms with Crippen LogP contribution in [0.25, 0.3) is 0 Å². The Hall–Kier alpha value is -1.83. The molecular weight excluding hydrogens is 366 g/mol. The van der Waals surface area contributed by atoms with Crippen LogP contribution >= 0.6 is 23.2 Å². The maximum Gasteiger partial charge on any atom is 0.261 e. The van der Waals surface area contributed by atoms with Crippen LogP contribution in [0.3, 0.4) is 0 Å². The second-order valence-corrected chi connectivity index (χ2v) is 6.82. The minimum Gasteiger partial charge on any atom is -0.323 e. The average Bonchev–Trinajstić information content (AvgIpc) is 2.50. The summed E-state index contributed by atoms with van der Waals surface area (Å²) in [5.41, 5.74) is 0.269. The summed E-state index contributed by atoms with van der Waals surface area (Å²) in [5.74, 6) is -1.34. The monoisotopic (exact) mass is 376 g/mol. The highest BCUT2D eigenvalue weighted by Gasteiger charge is 2.17. The van der Waals surface area contributed by atoms with Crippen LogP contribution in [-0.2, 0) is 14.8 Å². The Kier molecular flexibility index (Phi) is 5.46. The number of anilines is 2. The number of benzene rings is 2. The normalized spacial score (nSPS) is 11.1. The van der Waals surface area contributed by atoms with E-state index in [4.69, 9.17) is 23.2 Å². The number of halogens is 3. The van der Waals surface area contributed by atoms with Gasteiger partial charge in [0.1, 0.15) is 11.7 Å². The van der Waals surface area contributed by atoms with E-state index in [2.05, 4.69) is 10.0 Å². The molecule has 2 rings (SSSR count). The predicted molar refractivity (Wildman–Crippen MR) is 88.0 cm³/mol. The zero-order valence-electron chi connectivity index (χ0n) is 11.5. The Labute approximate surface area is 142 Å². The van der Waals surface area contributed by atoms with Crippen LogP contribution in [0.2, 0.25) is 5.02 Å². The topological polar surface area (TPSA) is 75.3 Å². The molecule has 5 nitrogen and oxygen atoms in total.